The SMILES string of the molecule is CC(C)CC1CN=C(NC2CCN(C)C(C)C2)S1. The Labute approximate surface area is 116 Å². The molecule has 2 heterocycles. The minimum Gasteiger partial charge on any atom is -0.362 e. The highest BCUT2D eigenvalue weighted by Gasteiger charge is 2.26. The Bertz CT molecular complexity index is 303. The molecular weight excluding hydrogens is 242 g/mol. The molecule has 2 aliphatic heterocycles. The molecule has 0 aromatic rings. The first-order chi connectivity index (χ1) is 8.54. The maximum Gasteiger partial charge on any atom is 0.157 e. The van der Waals surface area contributed by atoms with Crippen LogP contribution in [-0.4, -0.2) is 47.5 Å². The Morgan fingerprint density at radius 3 is 2.94 bits per heavy atom. The van der Waals surface area contributed by atoms with Crippen LogP contribution in [0.3, 0.4) is 0 Å². The number of aliphatic imine (C=N–C) groups is 1. The van der Waals surface area contributed by atoms with Crippen LogP contribution in [0.15, 0.2) is 4.99 Å². The minimum absolute atomic E-state index is 0.625. The van der Waals surface area contributed by atoms with Gasteiger partial charge in [0.15, 0.2) is 5.17 Å². The zero-order chi connectivity index (χ0) is 13.1. The molecule has 0 amide bonds. The maximum absolute atomic E-state index is 4.66. The maximum atomic E-state index is 4.66. The Morgan fingerprint density at radius 1 is 1.50 bits per heavy atom. The van der Waals surface area contributed by atoms with E-state index in [1.807, 2.05) is 11.8 Å². The van der Waals surface area contributed by atoms with Crippen molar-refractivity contribution in [2.75, 3.05) is 20.1 Å². The molecular formula is C14H27N3S. The summed E-state index contributed by atoms with van der Waals surface area (Å²) in [5, 5.41) is 5.56. The molecule has 0 bridgehead atoms. The number of hydrogen-bond acceptors (Lipinski definition) is 4. The van der Waals surface area contributed by atoms with Crippen molar-refractivity contribution >= 4 is 16.9 Å². The van der Waals surface area contributed by atoms with Gasteiger partial charge in [-0.25, -0.2) is 0 Å². The van der Waals surface area contributed by atoms with Gasteiger partial charge in [0.05, 0.1) is 6.54 Å². The van der Waals surface area contributed by atoms with Crippen molar-refractivity contribution in [2.24, 2.45) is 10.9 Å². The lowest BCUT2D eigenvalue weighted by Gasteiger charge is -2.35. The lowest BCUT2D eigenvalue weighted by molar-refractivity contribution is 0.177. The molecule has 0 saturated carbocycles. The van der Waals surface area contributed by atoms with Gasteiger partial charge < -0.3 is 10.2 Å². The minimum atomic E-state index is 0.625. The monoisotopic (exact) mass is 269 g/mol. The van der Waals surface area contributed by atoms with Gasteiger partial charge in [0.25, 0.3) is 0 Å². The van der Waals surface area contributed by atoms with Gasteiger partial charge in [-0.3, -0.25) is 4.99 Å². The Morgan fingerprint density at radius 2 is 2.28 bits per heavy atom. The van der Waals surface area contributed by atoms with Crippen LogP contribution in [0.5, 0.6) is 0 Å². The molecule has 3 unspecified atom stereocenters. The van der Waals surface area contributed by atoms with Crippen molar-refractivity contribution in [3.8, 4) is 0 Å². The number of nitrogens with zero attached hydrogens (tertiary/aromatic N) is 2. The zero-order valence-corrected chi connectivity index (χ0v) is 13.0. The van der Waals surface area contributed by atoms with Crippen LogP contribution in [-0.2, 0) is 0 Å². The Kier molecular flexibility index (Phi) is 4.96. The Hall–Kier alpha value is -0.220. The van der Waals surface area contributed by atoms with Crippen LogP contribution in [0.2, 0.25) is 0 Å². The standard InChI is InChI=1S/C14H27N3S/c1-10(2)7-13-9-15-14(18-13)16-12-5-6-17(4)11(3)8-12/h10-13H,5-9H2,1-4H3,(H,15,16). The van der Waals surface area contributed by atoms with E-state index in [9.17, 15) is 0 Å². The van der Waals surface area contributed by atoms with Crippen molar-refractivity contribution in [3.05, 3.63) is 0 Å². The van der Waals surface area contributed by atoms with Gasteiger partial charge >= 0.3 is 0 Å². The van der Waals surface area contributed by atoms with Gasteiger partial charge in [0, 0.05) is 23.9 Å². The first-order valence-electron chi connectivity index (χ1n) is 7.22. The Balaban J connectivity index is 1.74. The van der Waals surface area contributed by atoms with Gasteiger partial charge in [0.1, 0.15) is 0 Å². The highest BCUT2D eigenvalue weighted by molar-refractivity contribution is 8.14. The van der Waals surface area contributed by atoms with Crippen molar-refractivity contribution < 1.29 is 0 Å². The molecule has 0 aromatic carbocycles. The normalized spacial score (nSPS) is 33.8. The molecule has 1 saturated heterocycles. The van der Waals surface area contributed by atoms with Gasteiger partial charge in [-0.05, 0) is 39.2 Å². The predicted molar refractivity (Wildman–Crippen MR) is 81.4 cm³/mol. The smallest absolute Gasteiger partial charge is 0.157 e. The van der Waals surface area contributed by atoms with E-state index in [1.165, 1.54) is 31.0 Å². The fourth-order valence-electron chi connectivity index (χ4n) is 2.74. The summed E-state index contributed by atoms with van der Waals surface area (Å²) >= 11 is 1.96. The van der Waals surface area contributed by atoms with E-state index in [0.29, 0.717) is 17.3 Å². The second-order valence-electron chi connectivity index (χ2n) is 6.21. The summed E-state index contributed by atoms with van der Waals surface area (Å²) in [5.74, 6) is 0.778. The summed E-state index contributed by atoms with van der Waals surface area (Å²) in [6, 6.07) is 1.31. The van der Waals surface area contributed by atoms with E-state index < -0.39 is 0 Å². The number of piperidine rings is 1. The third-order valence-electron chi connectivity index (χ3n) is 3.99. The fourth-order valence-corrected chi connectivity index (χ4v) is 4.07. The van der Waals surface area contributed by atoms with Crippen LogP contribution in [0.4, 0.5) is 0 Å². The van der Waals surface area contributed by atoms with Gasteiger partial charge in [-0.1, -0.05) is 25.6 Å². The van der Waals surface area contributed by atoms with Gasteiger partial charge in [-0.2, -0.15) is 0 Å². The van der Waals surface area contributed by atoms with E-state index in [4.69, 9.17) is 0 Å². The van der Waals surface area contributed by atoms with E-state index >= 15 is 0 Å². The van der Waals surface area contributed by atoms with Crippen LogP contribution in [0, 0.1) is 5.92 Å². The molecule has 1 fully saturated rings. The van der Waals surface area contributed by atoms with Crippen molar-refractivity contribution in [3.63, 3.8) is 0 Å². The van der Waals surface area contributed by atoms with Crippen LogP contribution in [0.25, 0.3) is 0 Å². The second-order valence-corrected chi connectivity index (χ2v) is 7.50. The molecule has 4 heteroatoms. The van der Waals surface area contributed by atoms with Crippen molar-refractivity contribution in [1.82, 2.24) is 10.2 Å². The first kappa shape index (κ1) is 14.2. The average molecular weight is 269 g/mol. The molecule has 18 heavy (non-hydrogen) atoms. The quantitative estimate of drug-likeness (QED) is 0.853. The largest absolute Gasteiger partial charge is 0.362 e. The number of rotatable bonds is 3. The molecule has 3 nitrogen and oxygen atoms in total. The molecule has 0 radical (unpaired) electrons. The number of nitrogens with one attached hydrogen (secondary N) is 1. The third-order valence-corrected chi connectivity index (χ3v) is 5.13. The molecule has 0 aliphatic carbocycles. The van der Waals surface area contributed by atoms with E-state index in [0.717, 1.165) is 12.5 Å². The molecule has 3 atom stereocenters. The lowest BCUT2D eigenvalue weighted by atomic mass is 9.99. The van der Waals surface area contributed by atoms with Crippen LogP contribution < -0.4 is 5.32 Å². The molecule has 0 aromatic heterocycles. The highest BCUT2D eigenvalue weighted by atomic mass is 32.2. The lowest BCUT2D eigenvalue weighted by Crippen LogP contribution is -2.46. The molecule has 1 N–H and O–H groups in total. The molecule has 2 aliphatic rings. The summed E-state index contributed by atoms with van der Waals surface area (Å²) in [6.45, 7) is 9.12. The van der Waals surface area contributed by atoms with E-state index in [-0.39, 0.29) is 0 Å². The predicted octanol–water partition coefficient (Wildman–Crippen LogP) is 2.58. The van der Waals surface area contributed by atoms with E-state index in [1.54, 1.807) is 0 Å². The topological polar surface area (TPSA) is 27.6 Å². The number of thioether (sulfide) groups is 1. The van der Waals surface area contributed by atoms with Crippen LogP contribution >= 0.6 is 11.8 Å². The molecule has 104 valence electrons. The summed E-state index contributed by atoms with van der Waals surface area (Å²) in [6.07, 6.45) is 3.77. The average Bonchev–Trinajstić information content (AvgIpc) is 2.70. The van der Waals surface area contributed by atoms with Crippen LogP contribution in [0.1, 0.15) is 40.0 Å². The van der Waals surface area contributed by atoms with E-state index in [2.05, 4.69) is 43.0 Å². The summed E-state index contributed by atoms with van der Waals surface area (Å²) < 4.78 is 0. The van der Waals surface area contributed by atoms with Crippen molar-refractivity contribution in [1.29, 1.82) is 0 Å². The van der Waals surface area contributed by atoms with Gasteiger partial charge in [-0.15, -0.1) is 0 Å². The fraction of sp³-hybridized carbons (Fsp3) is 0.929. The first-order valence-corrected chi connectivity index (χ1v) is 8.10. The summed E-state index contributed by atoms with van der Waals surface area (Å²) in [7, 11) is 2.22. The van der Waals surface area contributed by atoms with Crippen molar-refractivity contribution in [2.45, 2.75) is 57.4 Å². The number of amidine groups is 1. The summed E-state index contributed by atoms with van der Waals surface area (Å²) in [5.41, 5.74) is 0. The number of likely N-dealkylation sites (tertiary alicyclic amines) is 1. The highest BCUT2D eigenvalue weighted by Crippen LogP contribution is 2.26. The third kappa shape index (κ3) is 3.89. The summed E-state index contributed by atoms with van der Waals surface area (Å²) in [4.78, 5) is 7.11. The van der Waals surface area contributed by atoms with Gasteiger partial charge in [0.2, 0.25) is 0 Å². The number of hydrogen-bond donors (Lipinski definition) is 1. The molecule has 2 rings (SSSR count). The zero-order valence-electron chi connectivity index (χ0n) is 12.1. The molecule has 0 spiro atoms. The second kappa shape index (κ2) is 6.29.